The van der Waals surface area contributed by atoms with Gasteiger partial charge in [-0.2, -0.15) is 0 Å². The minimum Gasteiger partial charge on any atom is -0.339 e. The Hall–Kier alpha value is -12.4. The van der Waals surface area contributed by atoms with Crippen LogP contribution >= 0.6 is 11.8 Å². The zero-order valence-electron chi connectivity index (χ0n) is 66.4. The summed E-state index contributed by atoms with van der Waals surface area (Å²) in [6.45, 7) is -0.289. The third kappa shape index (κ3) is 10.8. The fourth-order valence-electron chi connectivity index (χ4n) is 23.9. The van der Waals surface area contributed by atoms with Crippen LogP contribution in [0.4, 0.5) is 96.7 Å². The third-order valence-electron chi connectivity index (χ3n) is 28.5. The Morgan fingerprint density at radius 3 is 1.03 bits per heavy atom. The largest absolute Gasteiger partial charge is 0.339 e. The first-order chi connectivity index (χ1) is 58.6. The Labute approximate surface area is 698 Å². The SMILES string of the molecule is c1ccc(N(c2ccccc2)c2cc3c4c(c2)N(c2ccccc2)c2cc5c(cc2B4c2ccccc2N3c2ccccc2)C2(c3cc4c(cc3S5)N(C3C(C5CCCCC5)CCCC3C3CCCCC3)c3cc(N(c5ccccc5)c5ccccc5)cc5c3B4c3ccccc3N5c3ccccc3)c3ccccc3-c3ccccc32)cc1. The van der Waals surface area contributed by atoms with Crippen molar-refractivity contribution in [2.45, 2.75) is 105 Å². The van der Waals surface area contributed by atoms with Gasteiger partial charge in [-0.25, -0.2) is 0 Å². The topological polar surface area (TPSA) is 19.4 Å². The molecule has 15 aromatic rings. The van der Waals surface area contributed by atoms with E-state index in [9.17, 15) is 0 Å². The van der Waals surface area contributed by atoms with Gasteiger partial charge in [-0.1, -0.05) is 307 Å². The number of fused-ring (bicyclic) bond motifs is 17. The van der Waals surface area contributed by atoms with Crippen LogP contribution in [0.5, 0.6) is 0 Å². The van der Waals surface area contributed by atoms with E-state index < -0.39 is 5.41 Å². The number of para-hydroxylation sites is 9. The van der Waals surface area contributed by atoms with Gasteiger partial charge in [0.05, 0.1) is 16.8 Å². The van der Waals surface area contributed by atoms with Crippen LogP contribution in [0.25, 0.3) is 11.1 Å². The number of benzene rings is 15. The average molecular weight is 1540 g/mol. The Kier molecular flexibility index (Phi) is 16.8. The first-order valence-corrected chi connectivity index (χ1v) is 44.4. The smallest absolute Gasteiger partial charge is 0.252 e. The molecule has 4 aliphatic carbocycles. The summed E-state index contributed by atoms with van der Waals surface area (Å²) < 4.78 is 0. The predicted octanol–water partition coefficient (Wildman–Crippen LogP) is 25.2. The Morgan fingerprint density at radius 1 is 0.263 bits per heavy atom. The average Bonchev–Trinajstić information content (AvgIpc) is 1.55. The van der Waals surface area contributed by atoms with Gasteiger partial charge in [-0.3, -0.25) is 0 Å². The molecule has 0 radical (unpaired) electrons. The summed E-state index contributed by atoms with van der Waals surface area (Å²) >= 11 is 2.04. The fourth-order valence-corrected chi connectivity index (χ4v) is 25.1. The molecular weight excluding hydrogens is 1450 g/mol. The lowest BCUT2D eigenvalue weighted by Gasteiger charge is -2.55. The third-order valence-corrected chi connectivity index (χ3v) is 29.6. The molecular formula is C109H90B2N6S. The molecule has 0 aromatic heterocycles. The molecule has 9 aliphatic rings. The normalized spacial score (nSPS) is 18.2. The van der Waals surface area contributed by atoms with Crippen LogP contribution in [0.2, 0.25) is 0 Å². The van der Waals surface area contributed by atoms with Crippen LogP contribution in [0.1, 0.15) is 106 Å². The van der Waals surface area contributed by atoms with Gasteiger partial charge in [-0.15, -0.1) is 0 Å². The van der Waals surface area contributed by atoms with Crippen molar-refractivity contribution in [2.24, 2.45) is 23.7 Å². The molecule has 2 atom stereocenters. The van der Waals surface area contributed by atoms with Gasteiger partial charge in [0.25, 0.3) is 13.4 Å². The molecule has 0 N–H and O–H groups in total. The maximum absolute atomic E-state index is 3.15. The molecule has 118 heavy (non-hydrogen) atoms. The van der Waals surface area contributed by atoms with Crippen molar-refractivity contribution in [3.63, 3.8) is 0 Å². The van der Waals surface area contributed by atoms with Gasteiger partial charge in [-0.05, 0) is 236 Å². The standard InChI is InChI=1S/C109H90B2N6S/c1-10-37-73(38-11-1)84-57-36-58-85(74-39-12-2-13-40-74)108(84)117-99-72-105-91(70-95(99)111-93-62-33-35-64-97(93)115(80-51-24-8-25-52-80)101-66-83(68-103(117)107(101)111)113(77-45-18-5-19-46-77)78-47-20-6-21-48-78)109(88-59-30-28-55-86(88)87-56-29-31-60-89(87)109)90-69-94-98(71-104(90)118-105)116(81-53-26-9-27-54-81)102-67-82(112(75-41-14-3-15-42-75)76-43-16-4-17-44-76)65-100-106(102)110(94)92-61-32-34-63-96(92)114(100)79-49-22-7-23-50-79/h3-9,14-35,41-56,59-74,84-85,108H,1-2,10-13,36-40,57-58H2. The zero-order chi connectivity index (χ0) is 77.5. The molecule has 1 spiro atoms. The summed E-state index contributed by atoms with van der Waals surface area (Å²) in [4.78, 5) is 18.7. The number of hydrogen-bond donors (Lipinski definition) is 0. The minimum absolute atomic E-state index is 0.123. The second-order valence-corrected chi connectivity index (χ2v) is 35.6. The lowest BCUT2D eigenvalue weighted by atomic mass is 9.33. The molecule has 5 heterocycles. The van der Waals surface area contributed by atoms with E-state index in [1.54, 1.807) is 0 Å². The molecule has 5 aliphatic heterocycles. The monoisotopic (exact) mass is 1540 g/mol. The van der Waals surface area contributed by atoms with Crippen LogP contribution in [0, 0.1) is 23.7 Å². The van der Waals surface area contributed by atoms with E-state index in [0.29, 0.717) is 23.7 Å². The highest BCUT2D eigenvalue weighted by molar-refractivity contribution is 7.99. The minimum atomic E-state index is -0.762. The summed E-state index contributed by atoms with van der Waals surface area (Å²) in [5, 5.41) is 0. The molecule has 24 rings (SSSR count). The molecule has 15 aromatic carbocycles. The Bertz CT molecular complexity index is 6230. The molecule has 0 bridgehead atoms. The fraction of sp³-hybridized carbons (Fsp3) is 0.174. The van der Waals surface area contributed by atoms with Gasteiger partial charge in [0.1, 0.15) is 0 Å². The predicted molar refractivity (Wildman–Crippen MR) is 497 cm³/mol. The molecule has 568 valence electrons. The van der Waals surface area contributed by atoms with Crippen LogP contribution in [0.3, 0.4) is 0 Å². The van der Waals surface area contributed by atoms with E-state index in [-0.39, 0.29) is 19.5 Å². The van der Waals surface area contributed by atoms with Gasteiger partial charge in [0, 0.05) is 101 Å². The maximum Gasteiger partial charge on any atom is 0.252 e. The molecule has 9 heteroatoms. The lowest BCUT2D eigenvalue weighted by Crippen LogP contribution is -2.65. The van der Waals surface area contributed by atoms with Gasteiger partial charge >= 0.3 is 0 Å². The van der Waals surface area contributed by atoms with Crippen molar-refractivity contribution >= 4 is 155 Å². The molecule has 0 amide bonds. The molecule has 6 nitrogen and oxygen atoms in total. The van der Waals surface area contributed by atoms with E-state index in [1.165, 1.54) is 216 Å². The van der Waals surface area contributed by atoms with Gasteiger partial charge < -0.3 is 29.4 Å². The van der Waals surface area contributed by atoms with Crippen molar-refractivity contribution < 1.29 is 0 Å². The molecule has 2 unspecified atom stereocenters. The van der Waals surface area contributed by atoms with Crippen molar-refractivity contribution in [1.29, 1.82) is 0 Å². The van der Waals surface area contributed by atoms with Crippen LogP contribution in [-0.2, 0) is 5.41 Å². The molecule has 3 fully saturated rings. The Morgan fingerprint density at radius 2 is 0.602 bits per heavy atom. The summed E-state index contributed by atoms with van der Waals surface area (Å²) in [6.07, 6.45) is 17.1. The van der Waals surface area contributed by atoms with Crippen molar-refractivity contribution in [2.75, 3.05) is 29.4 Å². The number of anilines is 17. The van der Waals surface area contributed by atoms with Gasteiger partial charge in [0.15, 0.2) is 0 Å². The van der Waals surface area contributed by atoms with Crippen molar-refractivity contribution in [3.05, 3.63) is 380 Å². The van der Waals surface area contributed by atoms with E-state index in [1.807, 2.05) is 11.8 Å². The highest BCUT2D eigenvalue weighted by atomic mass is 32.2. The van der Waals surface area contributed by atoms with Crippen LogP contribution in [-0.4, -0.2) is 19.5 Å². The lowest BCUT2D eigenvalue weighted by molar-refractivity contribution is 0.0839. The highest BCUT2D eigenvalue weighted by Crippen LogP contribution is 2.65. The second-order valence-electron chi connectivity index (χ2n) is 34.5. The maximum atomic E-state index is 3.15. The van der Waals surface area contributed by atoms with E-state index in [0.717, 1.165) is 39.8 Å². The van der Waals surface area contributed by atoms with Crippen LogP contribution in [0.15, 0.2) is 368 Å². The van der Waals surface area contributed by atoms with E-state index >= 15 is 0 Å². The number of hydrogen-bond acceptors (Lipinski definition) is 7. The summed E-state index contributed by atoms with van der Waals surface area (Å²) in [6, 6.07) is 138. The summed E-state index contributed by atoms with van der Waals surface area (Å²) in [7, 11) is 0. The molecule has 3 saturated carbocycles. The van der Waals surface area contributed by atoms with Gasteiger partial charge in [0.2, 0.25) is 0 Å². The highest BCUT2D eigenvalue weighted by Gasteiger charge is 2.57. The molecule has 0 saturated heterocycles. The first kappa shape index (κ1) is 69.8. The van der Waals surface area contributed by atoms with Crippen LogP contribution < -0.4 is 62.2 Å². The van der Waals surface area contributed by atoms with E-state index in [4.69, 9.17) is 0 Å². The number of nitrogens with zero attached hydrogens (tertiary/aromatic N) is 6. The Balaban J connectivity index is 0.812. The number of rotatable bonds is 12. The van der Waals surface area contributed by atoms with Crippen molar-refractivity contribution in [1.82, 2.24) is 0 Å². The quantitative estimate of drug-likeness (QED) is 0.112. The summed E-state index contributed by atoms with van der Waals surface area (Å²) in [5.41, 5.74) is 35.5. The van der Waals surface area contributed by atoms with Crippen molar-refractivity contribution in [3.8, 4) is 11.1 Å². The first-order valence-electron chi connectivity index (χ1n) is 43.5. The second kappa shape index (κ2) is 28.5. The van der Waals surface area contributed by atoms with E-state index in [2.05, 4.69) is 387 Å². The zero-order valence-corrected chi connectivity index (χ0v) is 67.2. The summed E-state index contributed by atoms with van der Waals surface area (Å²) in [5.74, 6) is 2.34.